The van der Waals surface area contributed by atoms with Gasteiger partial charge in [0.05, 0.1) is 17.8 Å². The molecule has 104 valence electrons. The highest BCUT2D eigenvalue weighted by atomic mass is 79.9. The van der Waals surface area contributed by atoms with E-state index in [0.717, 1.165) is 21.4 Å². The normalized spacial score (nSPS) is 10.4. The van der Waals surface area contributed by atoms with E-state index in [1.807, 2.05) is 50.2 Å². The molecule has 1 heterocycles. The summed E-state index contributed by atoms with van der Waals surface area (Å²) in [4.78, 5) is 18.6. The molecule has 0 N–H and O–H groups in total. The van der Waals surface area contributed by atoms with Crippen molar-refractivity contribution < 1.29 is 4.79 Å². The molecule has 0 saturated heterocycles. The minimum absolute atomic E-state index is 0.0103. The molecule has 0 saturated carbocycles. The molecule has 20 heavy (non-hydrogen) atoms. The van der Waals surface area contributed by atoms with Crippen LogP contribution in [0.2, 0.25) is 0 Å². The Kier molecular flexibility index (Phi) is 4.55. The van der Waals surface area contributed by atoms with E-state index in [1.54, 1.807) is 11.9 Å². The summed E-state index contributed by atoms with van der Waals surface area (Å²) in [5, 5.41) is 0. The molecule has 1 amide bonds. The molecule has 1 aromatic heterocycles. The lowest BCUT2D eigenvalue weighted by molar-refractivity contribution is 0.0782. The summed E-state index contributed by atoms with van der Waals surface area (Å²) in [5.41, 5.74) is 3.59. The standard InChI is InChI=1S/C16H17BrN2O/c1-11-6-4-9-14(15(11)17)16(20)19(3)10-13-8-5-7-12(2)18-13/h4-9H,10H2,1-3H3. The first-order valence-corrected chi connectivity index (χ1v) is 7.21. The highest BCUT2D eigenvalue weighted by molar-refractivity contribution is 9.10. The Balaban J connectivity index is 2.19. The molecule has 0 spiro atoms. The molecule has 0 bridgehead atoms. The van der Waals surface area contributed by atoms with Crippen LogP contribution in [0.5, 0.6) is 0 Å². The minimum atomic E-state index is -0.0103. The van der Waals surface area contributed by atoms with Crippen molar-refractivity contribution in [3.05, 3.63) is 63.4 Å². The lowest BCUT2D eigenvalue weighted by Gasteiger charge is -2.18. The summed E-state index contributed by atoms with van der Waals surface area (Å²) in [7, 11) is 1.79. The zero-order valence-electron chi connectivity index (χ0n) is 11.9. The van der Waals surface area contributed by atoms with Crippen LogP contribution in [0, 0.1) is 13.8 Å². The zero-order valence-corrected chi connectivity index (χ0v) is 13.4. The van der Waals surface area contributed by atoms with Crippen LogP contribution in [0.4, 0.5) is 0 Å². The minimum Gasteiger partial charge on any atom is -0.336 e. The second-order valence-electron chi connectivity index (χ2n) is 4.87. The Hall–Kier alpha value is -1.68. The van der Waals surface area contributed by atoms with Gasteiger partial charge >= 0.3 is 0 Å². The van der Waals surface area contributed by atoms with Crippen molar-refractivity contribution in [2.45, 2.75) is 20.4 Å². The van der Waals surface area contributed by atoms with Gasteiger partial charge in [0, 0.05) is 17.2 Å². The first kappa shape index (κ1) is 14.7. The van der Waals surface area contributed by atoms with Gasteiger partial charge in [-0.3, -0.25) is 9.78 Å². The van der Waals surface area contributed by atoms with E-state index in [0.29, 0.717) is 12.1 Å². The van der Waals surface area contributed by atoms with Crippen molar-refractivity contribution in [2.75, 3.05) is 7.05 Å². The first-order valence-electron chi connectivity index (χ1n) is 6.42. The van der Waals surface area contributed by atoms with E-state index in [2.05, 4.69) is 20.9 Å². The molecule has 0 unspecified atom stereocenters. The highest BCUT2D eigenvalue weighted by Crippen LogP contribution is 2.22. The number of rotatable bonds is 3. The highest BCUT2D eigenvalue weighted by Gasteiger charge is 2.16. The number of nitrogens with zero attached hydrogens (tertiary/aromatic N) is 2. The zero-order chi connectivity index (χ0) is 14.7. The number of aromatic nitrogens is 1. The molecule has 2 rings (SSSR count). The van der Waals surface area contributed by atoms with Crippen LogP contribution in [-0.4, -0.2) is 22.8 Å². The van der Waals surface area contributed by atoms with Gasteiger partial charge in [0.25, 0.3) is 5.91 Å². The number of aryl methyl sites for hydroxylation is 2. The summed E-state index contributed by atoms with van der Waals surface area (Å²) < 4.78 is 0.856. The van der Waals surface area contributed by atoms with Gasteiger partial charge in [-0.2, -0.15) is 0 Å². The molecule has 0 aliphatic rings. The average molecular weight is 333 g/mol. The van der Waals surface area contributed by atoms with Gasteiger partial charge in [0.15, 0.2) is 0 Å². The molecule has 0 fully saturated rings. The lowest BCUT2D eigenvalue weighted by atomic mass is 10.1. The molecule has 0 aliphatic carbocycles. The molecule has 2 aromatic rings. The maximum Gasteiger partial charge on any atom is 0.255 e. The maximum atomic E-state index is 12.5. The number of amides is 1. The summed E-state index contributed by atoms with van der Waals surface area (Å²) in [6.07, 6.45) is 0. The van der Waals surface area contributed by atoms with Crippen molar-refractivity contribution in [2.24, 2.45) is 0 Å². The monoisotopic (exact) mass is 332 g/mol. The van der Waals surface area contributed by atoms with E-state index >= 15 is 0 Å². The number of carbonyl (C=O) groups excluding carboxylic acids is 1. The fourth-order valence-electron chi connectivity index (χ4n) is 2.02. The maximum absolute atomic E-state index is 12.5. The molecule has 0 atom stereocenters. The fraction of sp³-hybridized carbons (Fsp3) is 0.250. The van der Waals surface area contributed by atoms with E-state index < -0.39 is 0 Å². The van der Waals surface area contributed by atoms with Crippen molar-refractivity contribution in [3.8, 4) is 0 Å². The van der Waals surface area contributed by atoms with E-state index in [4.69, 9.17) is 0 Å². The molecule has 1 aromatic carbocycles. The van der Waals surface area contributed by atoms with Crippen LogP contribution in [0.1, 0.15) is 27.3 Å². The molecule has 3 nitrogen and oxygen atoms in total. The predicted molar refractivity (Wildman–Crippen MR) is 83.7 cm³/mol. The number of hydrogen-bond donors (Lipinski definition) is 0. The van der Waals surface area contributed by atoms with Gasteiger partial charge in [-0.25, -0.2) is 0 Å². The van der Waals surface area contributed by atoms with Gasteiger partial charge in [-0.15, -0.1) is 0 Å². The Morgan fingerprint density at radius 2 is 1.90 bits per heavy atom. The van der Waals surface area contributed by atoms with Crippen molar-refractivity contribution >= 4 is 21.8 Å². The number of benzene rings is 1. The Morgan fingerprint density at radius 3 is 2.60 bits per heavy atom. The van der Waals surface area contributed by atoms with Gasteiger partial charge in [-0.05, 0) is 53.5 Å². The average Bonchev–Trinajstić information content (AvgIpc) is 2.41. The van der Waals surface area contributed by atoms with Gasteiger partial charge in [0.2, 0.25) is 0 Å². The Bertz CT molecular complexity index is 640. The lowest BCUT2D eigenvalue weighted by Crippen LogP contribution is -2.27. The van der Waals surface area contributed by atoms with E-state index in [1.165, 1.54) is 0 Å². The quantitative estimate of drug-likeness (QED) is 0.857. The number of carbonyl (C=O) groups is 1. The molecule has 4 heteroatoms. The molecular weight excluding hydrogens is 316 g/mol. The number of hydrogen-bond acceptors (Lipinski definition) is 2. The second kappa shape index (κ2) is 6.18. The predicted octanol–water partition coefficient (Wildman–Crippen LogP) is 3.73. The third kappa shape index (κ3) is 3.25. The van der Waals surface area contributed by atoms with Gasteiger partial charge in [0.1, 0.15) is 0 Å². The topological polar surface area (TPSA) is 33.2 Å². The summed E-state index contributed by atoms with van der Waals surface area (Å²) in [6.45, 7) is 4.42. The van der Waals surface area contributed by atoms with Gasteiger partial charge in [-0.1, -0.05) is 18.2 Å². The van der Waals surface area contributed by atoms with Crippen LogP contribution in [0.25, 0.3) is 0 Å². The smallest absolute Gasteiger partial charge is 0.255 e. The van der Waals surface area contributed by atoms with Crippen LogP contribution in [0.15, 0.2) is 40.9 Å². The molecular formula is C16H17BrN2O. The summed E-state index contributed by atoms with van der Waals surface area (Å²) in [6, 6.07) is 11.5. The van der Waals surface area contributed by atoms with Crippen LogP contribution >= 0.6 is 15.9 Å². The van der Waals surface area contributed by atoms with Crippen LogP contribution in [-0.2, 0) is 6.54 Å². The van der Waals surface area contributed by atoms with Crippen molar-refractivity contribution in [1.29, 1.82) is 0 Å². The molecule has 0 aliphatic heterocycles. The van der Waals surface area contributed by atoms with Crippen LogP contribution in [0.3, 0.4) is 0 Å². The van der Waals surface area contributed by atoms with Crippen molar-refractivity contribution in [3.63, 3.8) is 0 Å². The summed E-state index contributed by atoms with van der Waals surface area (Å²) >= 11 is 3.48. The number of halogens is 1. The van der Waals surface area contributed by atoms with Gasteiger partial charge < -0.3 is 4.90 Å². The van der Waals surface area contributed by atoms with E-state index in [-0.39, 0.29) is 5.91 Å². The first-order chi connectivity index (χ1) is 9.49. The Morgan fingerprint density at radius 1 is 1.20 bits per heavy atom. The fourth-order valence-corrected chi connectivity index (χ4v) is 2.45. The number of pyridine rings is 1. The second-order valence-corrected chi connectivity index (χ2v) is 5.66. The largest absolute Gasteiger partial charge is 0.336 e. The van der Waals surface area contributed by atoms with Crippen LogP contribution < -0.4 is 0 Å². The van der Waals surface area contributed by atoms with Crippen molar-refractivity contribution in [1.82, 2.24) is 9.88 Å². The third-order valence-electron chi connectivity index (χ3n) is 3.11. The third-order valence-corrected chi connectivity index (χ3v) is 4.17. The SMILES string of the molecule is Cc1cccc(CN(C)C(=O)c2cccc(C)c2Br)n1. The molecule has 0 radical (unpaired) electrons. The summed E-state index contributed by atoms with van der Waals surface area (Å²) in [5.74, 6) is -0.0103. The Labute approximate surface area is 127 Å². The van der Waals surface area contributed by atoms with E-state index in [9.17, 15) is 4.79 Å².